The maximum Gasteiger partial charge on any atom is 0.303 e. The van der Waals surface area contributed by atoms with Gasteiger partial charge in [-0.3, -0.25) is 4.79 Å². The number of carboxylic acid groups (broad SMARTS) is 1. The Morgan fingerprint density at radius 2 is 2.05 bits per heavy atom. The summed E-state index contributed by atoms with van der Waals surface area (Å²) in [5, 5.41) is 8.60. The Bertz CT molecular complexity index is 380. The van der Waals surface area contributed by atoms with E-state index in [1.807, 2.05) is 17.8 Å². The molecule has 0 spiro atoms. The van der Waals surface area contributed by atoms with Crippen LogP contribution in [0.2, 0.25) is 0 Å². The predicted octanol–water partition coefficient (Wildman–Crippen LogP) is 3.90. The van der Waals surface area contributed by atoms with Crippen LogP contribution in [0.4, 0.5) is 0 Å². The van der Waals surface area contributed by atoms with Crippen molar-refractivity contribution in [1.29, 1.82) is 0 Å². The first-order valence-electron chi connectivity index (χ1n) is 7.93. The lowest BCUT2D eigenvalue weighted by Gasteiger charge is -2.26. The summed E-state index contributed by atoms with van der Waals surface area (Å²) >= 11 is 1.96. The molecule has 0 aromatic heterocycles. The van der Waals surface area contributed by atoms with E-state index in [1.54, 1.807) is 0 Å². The van der Waals surface area contributed by atoms with Gasteiger partial charge in [0.25, 0.3) is 0 Å². The van der Waals surface area contributed by atoms with Crippen LogP contribution in [0.5, 0.6) is 0 Å². The summed E-state index contributed by atoms with van der Waals surface area (Å²) < 4.78 is 6.09. The van der Waals surface area contributed by atoms with E-state index in [2.05, 4.69) is 18.7 Å². The molecular weight excluding hydrogens is 284 g/mol. The van der Waals surface area contributed by atoms with Crippen molar-refractivity contribution < 1.29 is 14.6 Å². The van der Waals surface area contributed by atoms with Crippen molar-refractivity contribution in [2.75, 3.05) is 11.5 Å². The lowest BCUT2D eigenvalue weighted by Crippen LogP contribution is -2.28. The minimum Gasteiger partial charge on any atom is -0.481 e. The summed E-state index contributed by atoms with van der Waals surface area (Å²) in [5.74, 6) is 2.81. The molecule has 2 rings (SSSR count). The molecule has 0 aliphatic carbocycles. The van der Waals surface area contributed by atoms with Crippen LogP contribution >= 0.6 is 11.8 Å². The minimum atomic E-state index is -0.704. The Hall–Kier alpha value is -0.740. The highest BCUT2D eigenvalue weighted by Crippen LogP contribution is 2.46. The zero-order valence-corrected chi connectivity index (χ0v) is 13.4. The highest BCUT2D eigenvalue weighted by atomic mass is 32.2. The van der Waals surface area contributed by atoms with E-state index in [1.165, 1.54) is 18.6 Å². The second-order valence-electron chi connectivity index (χ2n) is 5.94. The van der Waals surface area contributed by atoms with Gasteiger partial charge in [0.2, 0.25) is 0 Å². The molecule has 0 aromatic carbocycles. The Labute approximate surface area is 131 Å². The van der Waals surface area contributed by atoms with Crippen LogP contribution < -0.4 is 0 Å². The van der Waals surface area contributed by atoms with E-state index < -0.39 is 5.97 Å². The highest BCUT2D eigenvalue weighted by Gasteiger charge is 2.47. The van der Waals surface area contributed by atoms with Crippen LogP contribution in [-0.2, 0) is 9.53 Å². The standard InChI is InChI=1S/C17H26O3S/c1-2-11-21-12-14-13(15-9-10-16(14)20-15)7-5-3-4-6-8-17(18)19/h2-3,5,13-16H,1,4,6-12H2,(H,18,19)/t13-,14+,15-,16+/m1/s1. The second kappa shape index (κ2) is 8.64. The van der Waals surface area contributed by atoms with Crippen molar-refractivity contribution in [2.45, 2.75) is 50.7 Å². The SMILES string of the molecule is C=CCSC[C@H]1[C@@H](CC=CCCCC(=O)O)[C@H]2CC[C@@H]1O2. The summed E-state index contributed by atoms with van der Waals surface area (Å²) in [6, 6.07) is 0. The number of thioether (sulfide) groups is 1. The fourth-order valence-corrected chi connectivity index (χ4v) is 4.49. The average molecular weight is 310 g/mol. The topological polar surface area (TPSA) is 46.5 Å². The first kappa shape index (κ1) is 16.6. The Morgan fingerprint density at radius 3 is 2.76 bits per heavy atom. The summed E-state index contributed by atoms with van der Waals surface area (Å²) in [7, 11) is 0. The molecule has 0 amide bonds. The predicted molar refractivity (Wildman–Crippen MR) is 87.6 cm³/mol. The molecule has 4 heteroatoms. The number of allylic oxidation sites excluding steroid dienone is 2. The molecule has 1 N–H and O–H groups in total. The molecule has 3 nitrogen and oxygen atoms in total. The van der Waals surface area contributed by atoms with Gasteiger partial charge in [0.05, 0.1) is 12.2 Å². The van der Waals surface area contributed by atoms with Crippen molar-refractivity contribution in [1.82, 2.24) is 0 Å². The summed E-state index contributed by atoms with van der Waals surface area (Å²) in [6.07, 6.45) is 12.6. The van der Waals surface area contributed by atoms with Gasteiger partial charge in [-0.15, -0.1) is 6.58 Å². The van der Waals surface area contributed by atoms with Crippen LogP contribution in [0.15, 0.2) is 24.8 Å². The number of unbranched alkanes of at least 4 members (excludes halogenated alkanes) is 1. The molecule has 2 heterocycles. The van der Waals surface area contributed by atoms with E-state index in [0.717, 1.165) is 25.0 Å². The Morgan fingerprint density at radius 1 is 1.29 bits per heavy atom. The first-order chi connectivity index (χ1) is 10.2. The molecule has 118 valence electrons. The van der Waals surface area contributed by atoms with Crippen LogP contribution in [0.3, 0.4) is 0 Å². The molecule has 21 heavy (non-hydrogen) atoms. The molecular formula is C17H26O3S. The summed E-state index contributed by atoms with van der Waals surface area (Å²) in [6.45, 7) is 3.78. The Balaban J connectivity index is 1.73. The van der Waals surface area contributed by atoms with Crippen LogP contribution in [0.25, 0.3) is 0 Å². The monoisotopic (exact) mass is 310 g/mol. The number of hydrogen-bond acceptors (Lipinski definition) is 3. The number of aliphatic carboxylic acids is 1. The fraction of sp³-hybridized carbons (Fsp3) is 0.706. The van der Waals surface area contributed by atoms with Crippen LogP contribution in [0.1, 0.15) is 38.5 Å². The number of carboxylic acids is 1. The lowest BCUT2D eigenvalue weighted by atomic mass is 9.78. The van der Waals surface area contributed by atoms with Gasteiger partial charge >= 0.3 is 5.97 Å². The van der Waals surface area contributed by atoms with E-state index in [4.69, 9.17) is 9.84 Å². The van der Waals surface area contributed by atoms with Gasteiger partial charge < -0.3 is 9.84 Å². The molecule has 0 unspecified atom stereocenters. The Kier molecular flexibility index (Phi) is 6.84. The zero-order chi connectivity index (χ0) is 15.1. The zero-order valence-electron chi connectivity index (χ0n) is 12.6. The molecule has 4 atom stereocenters. The highest BCUT2D eigenvalue weighted by molar-refractivity contribution is 7.99. The van der Waals surface area contributed by atoms with Crippen molar-refractivity contribution in [3.63, 3.8) is 0 Å². The van der Waals surface area contributed by atoms with Crippen molar-refractivity contribution in [3.8, 4) is 0 Å². The number of hydrogen-bond donors (Lipinski definition) is 1. The van der Waals surface area contributed by atoms with Gasteiger partial charge in [0.15, 0.2) is 0 Å². The van der Waals surface area contributed by atoms with Crippen LogP contribution in [-0.4, -0.2) is 34.8 Å². The minimum absolute atomic E-state index is 0.266. The van der Waals surface area contributed by atoms with Gasteiger partial charge in [-0.2, -0.15) is 11.8 Å². The third-order valence-electron chi connectivity index (χ3n) is 4.47. The number of rotatable bonds is 10. The third kappa shape index (κ3) is 4.89. The van der Waals surface area contributed by atoms with E-state index in [-0.39, 0.29) is 6.42 Å². The van der Waals surface area contributed by atoms with Gasteiger partial charge in [-0.25, -0.2) is 0 Å². The van der Waals surface area contributed by atoms with E-state index in [0.29, 0.717) is 24.0 Å². The van der Waals surface area contributed by atoms with E-state index >= 15 is 0 Å². The quantitative estimate of drug-likeness (QED) is 0.491. The van der Waals surface area contributed by atoms with Gasteiger partial charge in [0, 0.05) is 12.2 Å². The molecule has 2 aliphatic rings. The van der Waals surface area contributed by atoms with Crippen molar-refractivity contribution in [2.24, 2.45) is 11.8 Å². The number of carbonyl (C=O) groups is 1. The largest absolute Gasteiger partial charge is 0.481 e. The van der Waals surface area contributed by atoms with Gasteiger partial charge in [-0.05, 0) is 49.7 Å². The molecule has 2 fully saturated rings. The number of fused-ring (bicyclic) bond motifs is 2. The molecule has 0 aromatic rings. The summed E-state index contributed by atoms with van der Waals surface area (Å²) in [5.41, 5.74) is 0. The molecule has 0 radical (unpaired) electrons. The normalized spacial score (nSPS) is 31.0. The van der Waals surface area contributed by atoms with Crippen molar-refractivity contribution >= 4 is 17.7 Å². The molecule has 2 aliphatic heterocycles. The molecule has 0 saturated carbocycles. The third-order valence-corrected chi connectivity index (χ3v) is 5.56. The molecule has 2 saturated heterocycles. The smallest absolute Gasteiger partial charge is 0.303 e. The van der Waals surface area contributed by atoms with Crippen LogP contribution in [0, 0.1) is 11.8 Å². The van der Waals surface area contributed by atoms with Gasteiger partial charge in [-0.1, -0.05) is 18.2 Å². The lowest BCUT2D eigenvalue weighted by molar-refractivity contribution is -0.137. The maximum absolute atomic E-state index is 10.4. The molecule has 2 bridgehead atoms. The fourth-order valence-electron chi connectivity index (χ4n) is 3.46. The second-order valence-corrected chi connectivity index (χ2v) is 7.01. The average Bonchev–Trinajstić information content (AvgIpc) is 3.04. The summed E-state index contributed by atoms with van der Waals surface area (Å²) in [4.78, 5) is 10.4. The van der Waals surface area contributed by atoms with Crippen molar-refractivity contribution in [3.05, 3.63) is 24.8 Å². The maximum atomic E-state index is 10.4. The first-order valence-corrected chi connectivity index (χ1v) is 9.08. The van der Waals surface area contributed by atoms with Gasteiger partial charge in [0.1, 0.15) is 0 Å². The number of ether oxygens (including phenoxy) is 1. The van der Waals surface area contributed by atoms with E-state index in [9.17, 15) is 4.79 Å².